The van der Waals surface area contributed by atoms with Gasteiger partial charge >= 0.3 is 0 Å². The second-order valence-electron chi connectivity index (χ2n) is 3.19. The van der Waals surface area contributed by atoms with Crippen molar-refractivity contribution in [2.24, 2.45) is 5.92 Å². The van der Waals surface area contributed by atoms with Gasteiger partial charge in [-0.2, -0.15) is 0 Å². The molecule has 0 aromatic carbocycles. The van der Waals surface area contributed by atoms with Gasteiger partial charge in [0.05, 0.1) is 12.6 Å². The Morgan fingerprint density at radius 2 is 2.14 bits per heavy atom. The quantitative estimate of drug-likeness (QED) is 0.480. The molecule has 0 radical (unpaired) electrons. The van der Waals surface area contributed by atoms with Crippen LogP contribution < -0.4 is 5.59 Å². The molecule has 6 nitrogen and oxygen atoms in total. The van der Waals surface area contributed by atoms with Crippen LogP contribution in [0.3, 0.4) is 0 Å². The van der Waals surface area contributed by atoms with Crippen molar-refractivity contribution >= 4 is 11.6 Å². The van der Waals surface area contributed by atoms with Crippen LogP contribution in [0.5, 0.6) is 0 Å². The minimum Gasteiger partial charge on any atom is -0.756 e. The lowest BCUT2D eigenvalue weighted by Gasteiger charge is -2.41. The second kappa shape index (κ2) is 7.36. The van der Waals surface area contributed by atoms with E-state index in [0.717, 1.165) is 0 Å². The molecule has 0 fully saturated rings. The van der Waals surface area contributed by atoms with Crippen LogP contribution >= 0.6 is 11.6 Å². The molecule has 1 atom stereocenters. The van der Waals surface area contributed by atoms with Gasteiger partial charge < -0.3 is 10.3 Å². The Hall–Kier alpha value is 0.0500. The number of rotatable bonds is 7. The number of alkyl halides is 1. The zero-order valence-electron chi connectivity index (χ0n) is 8.61. The predicted octanol–water partition coefficient (Wildman–Crippen LogP) is 0.282. The van der Waals surface area contributed by atoms with Gasteiger partial charge in [-0.25, -0.2) is 10.3 Å². The molecule has 0 saturated heterocycles. The Kier molecular flexibility index (Phi) is 7.38. The van der Waals surface area contributed by atoms with Gasteiger partial charge in [-0.15, -0.1) is 5.59 Å². The molecular weight excluding hydrogens is 210 g/mol. The lowest BCUT2D eigenvalue weighted by atomic mass is 10.1. The molecule has 0 amide bonds. The van der Waals surface area contributed by atoms with Crippen molar-refractivity contribution in [1.82, 2.24) is 15.9 Å². The van der Waals surface area contributed by atoms with Gasteiger partial charge in [0.25, 0.3) is 0 Å². The van der Waals surface area contributed by atoms with Gasteiger partial charge in [0.15, 0.2) is 0 Å². The van der Waals surface area contributed by atoms with Gasteiger partial charge in [-0.3, -0.25) is 4.84 Å². The highest BCUT2D eigenvalue weighted by Gasteiger charge is 2.18. The molecule has 0 aliphatic rings. The molecule has 14 heavy (non-hydrogen) atoms. The Balaban J connectivity index is 4.05. The zero-order chi connectivity index (χ0) is 11.1. The van der Waals surface area contributed by atoms with E-state index in [1.165, 1.54) is 5.01 Å². The smallest absolute Gasteiger partial charge is 0.143 e. The highest BCUT2D eigenvalue weighted by molar-refractivity contribution is 6.17. The molecule has 0 saturated carbocycles. The average Bonchev–Trinajstić information content (AvgIpc) is 2.14. The van der Waals surface area contributed by atoms with Crippen LogP contribution in [0.15, 0.2) is 0 Å². The lowest BCUT2D eigenvalue weighted by Crippen LogP contribution is -2.52. The van der Waals surface area contributed by atoms with Gasteiger partial charge in [0.2, 0.25) is 0 Å². The number of nitrogens with one attached hydrogen (secondary N) is 1. The Morgan fingerprint density at radius 3 is 2.50 bits per heavy atom. The molecule has 0 heterocycles. The van der Waals surface area contributed by atoms with Crippen LogP contribution in [0, 0.1) is 11.1 Å². The van der Waals surface area contributed by atoms with Crippen molar-refractivity contribution < 1.29 is 9.94 Å². The largest absolute Gasteiger partial charge is 0.756 e. The minimum absolute atomic E-state index is 0.102. The van der Waals surface area contributed by atoms with E-state index in [4.69, 9.17) is 16.7 Å². The number of aliphatic hydroxyl groups is 1. The van der Waals surface area contributed by atoms with Crippen LogP contribution in [0.2, 0.25) is 0 Å². The summed E-state index contributed by atoms with van der Waals surface area (Å²) in [5.41, 5.74) is 2.06. The first-order chi connectivity index (χ1) is 6.54. The van der Waals surface area contributed by atoms with E-state index in [1.807, 2.05) is 13.8 Å². The van der Waals surface area contributed by atoms with E-state index in [1.54, 1.807) is 7.05 Å². The fourth-order valence-electron chi connectivity index (χ4n) is 1.04. The maximum Gasteiger partial charge on any atom is 0.143 e. The molecule has 0 spiro atoms. The van der Waals surface area contributed by atoms with E-state index in [9.17, 15) is 5.21 Å². The van der Waals surface area contributed by atoms with Crippen LogP contribution in [0.1, 0.15) is 13.8 Å². The van der Waals surface area contributed by atoms with E-state index < -0.39 is 0 Å². The van der Waals surface area contributed by atoms with Crippen molar-refractivity contribution in [1.29, 1.82) is 0 Å². The molecule has 7 heteroatoms. The number of halogens is 1. The summed E-state index contributed by atoms with van der Waals surface area (Å²) in [7, 11) is 1.55. The first-order valence-electron chi connectivity index (χ1n) is 4.28. The highest BCUT2D eigenvalue weighted by atomic mass is 35.5. The first kappa shape index (κ1) is 14.1. The molecular formula is C7H17ClN3O3-. The minimum atomic E-state index is -0.265. The maximum absolute atomic E-state index is 11.2. The third-order valence-electron chi connectivity index (χ3n) is 1.92. The zero-order valence-corrected chi connectivity index (χ0v) is 9.36. The summed E-state index contributed by atoms with van der Waals surface area (Å²) in [6.45, 7) is 3.72. The molecule has 0 bridgehead atoms. The lowest BCUT2D eigenvalue weighted by molar-refractivity contribution is -0.164. The Labute approximate surface area is 88.9 Å². The van der Waals surface area contributed by atoms with Gasteiger partial charge in [-0.1, -0.05) is 25.4 Å². The molecule has 0 aliphatic carbocycles. The first-order valence-corrected chi connectivity index (χ1v) is 4.82. The molecule has 0 aliphatic heterocycles. The summed E-state index contributed by atoms with van der Waals surface area (Å²) in [6, 6.07) is -0.392. The molecule has 0 aromatic rings. The number of nitrogens with zero attached hydrogens (tertiary/aromatic N) is 2. The van der Waals surface area contributed by atoms with Crippen molar-refractivity contribution in [2.75, 3.05) is 19.7 Å². The topological polar surface area (TPSA) is 71.0 Å². The Bertz CT molecular complexity index is 150. The maximum atomic E-state index is 11.2. The number of hydrogen-bond donors (Lipinski definition) is 2. The molecule has 2 N–H and O–H groups in total. The normalized spacial score (nSPS) is 14.4. The SMILES string of the molecule is CC(C)[C@@H](CO)N(C)N([O-])NOCCl. The second-order valence-corrected chi connectivity index (χ2v) is 3.40. The van der Waals surface area contributed by atoms with Crippen LogP contribution in [-0.4, -0.2) is 41.2 Å². The van der Waals surface area contributed by atoms with E-state index in [0.29, 0.717) is 5.28 Å². The van der Waals surface area contributed by atoms with E-state index >= 15 is 0 Å². The summed E-state index contributed by atoms with van der Waals surface area (Å²) < 4.78 is 0. The third-order valence-corrected chi connectivity index (χ3v) is 2.03. The predicted molar refractivity (Wildman–Crippen MR) is 53.6 cm³/mol. The van der Waals surface area contributed by atoms with Crippen molar-refractivity contribution in [3.8, 4) is 0 Å². The monoisotopic (exact) mass is 226 g/mol. The van der Waals surface area contributed by atoms with Gasteiger partial charge in [0.1, 0.15) is 6.07 Å². The van der Waals surface area contributed by atoms with Crippen molar-refractivity contribution in [2.45, 2.75) is 19.9 Å². The molecule has 0 aromatic heterocycles. The number of aliphatic hydroxyl groups excluding tert-OH is 1. The standard InChI is InChI=1S/C7H17ClN3O3/c1-6(2)7(4-12)10(3)11(13)9-14-5-8/h6-7,9,12H,4-5H2,1-3H3/q-1/t7-/m1/s1. The summed E-state index contributed by atoms with van der Waals surface area (Å²) >= 11 is 5.21. The average molecular weight is 227 g/mol. The summed E-state index contributed by atoms with van der Waals surface area (Å²) in [4.78, 5) is 4.50. The molecule has 86 valence electrons. The number of hydrogen-bond acceptors (Lipinski definition) is 6. The number of hydrazine groups is 2. The summed E-state index contributed by atoms with van der Waals surface area (Å²) in [5.74, 6) is 0.152. The fraction of sp³-hybridized carbons (Fsp3) is 1.00. The van der Waals surface area contributed by atoms with Crippen LogP contribution in [-0.2, 0) is 4.84 Å². The van der Waals surface area contributed by atoms with Crippen LogP contribution in [0.4, 0.5) is 0 Å². The summed E-state index contributed by atoms with van der Waals surface area (Å²) in [5, 5.41) is 22.0. The molecule has 0 unspecified atom stereocenters. The summed E-state index contributed by atoms with van der Waals surface area (Å²) in [6.07, 6.45) is 0. The third kappa shape index (κ3) is 4.52. The Morgan fingerprint density at radius 1 is 1.57 bits per heavy atom. The van der Waals surface area contributed by atoms with E-state index in [-0.39, 0.29) is 24.6 Å². The highest BCUT2D eigenvalue weighted by Crippen LogP contribution is 2.09. The van der Waals surface area contributed by atoms with Gasteiger partial charge in [0, 0.05) is 7.05 Å². The number of likely N-dealkylation sites (N-methyl/N-ethyl adjacent to an activating group) is 1. The van der Waals surface area contributed by atoms with Crippen LogP contribution in [0.25, 0.3) is 0 Å². The van der Waals surface area contributed by atoms with Gasteiger partial charge in [-0.05, 0) is 5.92 Å². The van der Waals surface area contributed by atoms with E-state index in [2.05, 4.69) is 10.4 Å². The van der Waals surface area contributed by atoms with Crippen molar-refractivity contribution in [3.05, 3.63) is 5.21 Å². The van der Waals surface area contributed by atoms with Crippen molar-refractivity contribution in [3.63, 3.8) is 0 Å². The fourth-order valence-corrected chi connectivity index (χ4v) is 1.09. The molecule has 0 rings (SSSR count).